The lowest BCUT2D eigenvalue weighted by Gasteiger charge is -2.29. The van der Waals surface area contributed by atoms with Gasteiger partial charge in [-0.25, -0.2) is 10.1 Å². The Balaban J connectivity index is 1.28. The number of carbonyl (C=O) groups is 6. The number of hydroxylamine groups is 4. The van der Waals surface area contributed by atoms with Gasteiger partial charge in [0, 0.05) is 26.1 Å². The van der Waals surface area contributed by atoms with Crippen LogP contribution < -0.4 is 21.3 Å². The van der Waals surface area contributed by atoms with Gasteiger partial charge in [-0.1, -0.05) is 12.1 Å². The molecule has 0 aromatic heterocycles. The minimum atomic E-state index is -0.811. The third-order valence-corrected chi connectivity index (χ3v) is 6.94. The van der Waals surface area contributed by atoms with Crippen molar-refractivity contribution in [3.05, 3.63) is 29.8 Å². The number of benzene rings is 1. The Bertz CT molecular complexity index is 1180. The maximum absolute atomic E-state index is 12.5. The van der Waals surface area contributed by atoms with Crippen LogP contribution in [0.3, 0.4) is 0 Å². The van der Waals surface area contributed by atoms with Crippen LogP contribution in [0, 0.1) is 0 Å². The van der Waals surface area contributed by atoms with E-state index < -0.39 is 53.6 Å². The first-order chi connectivity index (χ1) is 20.0. The van der Waals surface area contributed by atoms with Crippen molar-refractivity contribution in [2.45, 2.75) is 50.2 Å². The van der Waals surface area contributed by atoms with Gasteiger partial charge in [-0.2, -0.15) is 0 Å². The molecule has 3 atom stereocenters. The van der Waals surface area contributed by atoms with E-state index in [1.165, 1.54) is 17.0 Å². The van der Waals surface area contributed by atoms with Gasteiger partial charge in [-0.05, 0) is 44.9 Å². The maximum atomic E-state index is 12.5. The second kappa shape index (κ2) is 15.1. The van der Waals surface area contributed by atoms with Crippen molar-refractivity contribution >= 4 is 35.4 Å². The summed E-state index contributed by atoms with van der Waals surface area (Å²) in [5.74, 6) is -3.44. The highest BCUT2D eigenvalue weighted by atomic mass is 16.5. The van der Waals surface area contributed by atoms with Gasteiger partial charge < -0.3 is 31.3 Å². The van der Waals surface area contributed by atoms with Gasteiger partial charge in [-0.3, -0.25) is 39.2 Å². The Hall–Kier alpha value is -4.28. The molecule has 0 aliphatic carbocycles. The summed E-state index contributed by atoms with van der Waals surface area (Å²) in [6.07, 6.45) is 1.27. The first-order valence-electron chi connectivity index (χ1n) is 13.6. The average molecular weight is 592 g/mol. The molecule has 0 spiro atoms. The van der Waals surface area contributed by atoms with Crippen LogP contribution in [0.4, 0.5) is 0 Å². The van der Waals surface area contributed by atoms with Gasteiger partial charge in [0.05, 0.1) is 24.7 Å². The molecule has 2 aliphatic rings. The Morgan fingerprint density at radius 2 is 1.88 bits per heavy atom. The second-order valence-corrected chi connectivity index (χ2v) is 9.97. The number of para-hydroxylation sites is 1. The van der Waals surface area contributed by atoms with Crippen molar-refractivity contribution in [2.75, 3.05) is 39.8 Å². The summed E-state index contributed by atoms with van der Waals surface area (Å²) in [5.41, 5.74) is 0.0767. The molecule has 3 rings (SSSR count). The van der Waals surface area contributed by atoms with Crippen LogP contribution in [0.15, 0.2) is 24.3 Å². The first-order valence-corrected chi connectivity index (χ1v) is 13.6. The predicted molar refractivity (Wildman–Crippen MR) is 144 cm³/mol. The van der Waals surface area contributed by atoms with E-state index in [9.17, 15) is 44.3 Å². The molecular formula is C26H37N7O9. The molecule has 16 nitrogen and oxygen atoms in total. The van der Waals surface area contributed by atoms with Crippen molar-refractivity contribution in [3.8, 4) is 5.75 Å². The summed E-state index contributed by atoms with van der Waals surface area (Å²) < 4.78 is 0. The van der Waals surface area contributed by atoms with Crippen LogP contribution in [-0.2, 0) is 24.0 Å². The van der Waals surface area contributed by atoms with Crippen LogP contribution in [0.1, 0.15) is 42.5 Å². The number of nitrogens with one attached hydrogen (secondary N) is 4. The fourth-order valence-electron chi connectivity index (χ4n) is 4.42. The third kappa shape index (κ3) is 8.86. The molecule has 2 saturated heterocycles. The topological polar surface area (TPSA) is 221 Å². The van der Waals surface area contributed by atoms with Crippen molar-refractivity contribution < 1.29 is 44.3 Å². The lowest BCUT2D eigenvalue weighted by molar-refractivity contribution is -0.173. The van der Waals surface area contributed by atoms with Gasteiger partial charge in [0.25, 0.3) is 11.8 Å². The van der Waals surface area contributed by atoms with E-state index >= 15 is 0 Å². The van der Waals surface area contributed by atoms with E-state index in [4.69, 9.17) is 0 Å². The standard InChI is InChI=1S/C26H37N7O9/c1-27-17(23(37)30-18-8-5-13-33(42)26(18)40)7-4-12-32(41)22(36)10-11-28-21(35)14-29-24(38)19-15-31(19)25(39)16-6-2-3-9-20(16)34/h2-3,6,9,17-19,27,34,41-42H,4-5,7-8,10-15H2,1H3,(H,28,35)(H,29,38)(H,30,37). The highest BCUT2D eigenvalue weighted by molar-refractivity contribution is 6.03. The van der Waals surface area contributed by atoms with E-state index in [1.54, 1.807) is 19.2 Å². The van der Waals surface area contributed by atoms with Gasteiger partial charge in [0.1, 0.15) is 17.8 Å². The summed E-state index contributed by atoms with van der Waals surface area (Å²) in [7, 11) is 1.56. The summed E-state index contributed by atoms with van der Waals surface area (Å²) in [4.78, 5) is 74.6. The highest BCUT2D eigenvalue weighted by Crippen LogP contribution is 2.25. The molecule has 6 amide bonds. The van der Waals surface area contributed by atoms with Crippen molar-refractivity contribution in [3.63, 3.8) is 0 Å². The molecule has 0 bridgehead atoms. The minimum Gasteiger partial charge on any atom is -0.507 e. The van der Waals surface area contributed by atoms with Crippen molar-refractivity contribution in [1.29, 1.82) is 0 Å². The summed E-state index contributed by atoms with van der Waals surface area (Å²) in [6, 6.07) is 3.73. The molecule has 0 saturated carbocycles. The third-order valence-electron chi connectivity index (χ3n) is 6.94. The molecule has 1 aromatic carbocycles. The normalized spacial score (nSPS) is 18.6. The molecule has 0 radical (unpaired) electrons. The van der Waals surface area contributed by atoms with E-state index in [-0.39, 0.29) is 63.3 Å². The highest BCUT2D eigenvalue weighted by Gasteiger charge is 2.45. The lowest BCUT2D eigenvalue weighted by atomic mass is 10.0. The number of phenolic OH excluding ortho intramolecular Hbond substituents is 1. The Labute approximate surface area is 241 Å². The zero-order chi connectivity index (χ0) is 30.8. The zero-order valence-electron chi connectivity index (χ0n) is 23.2. The van der Waals surface area contributed by atoms with Crippen molar-refractivity contribution in [1.82, 2.24) is 36.3 Å². The number of aromatic hydroxyl groups is 1. The molecule has 42 heavy (non-hydrogen) atoms. The first kappa shape index (κ1) is 32.2. The van der Waals surface area contributed by atoms with Crippen LogP contribution >= 0.6 is 0 Å². The van der Waals surface area contributed by atoms with E-state index in [0.717, 1.165) is 0 Å². The van der Waals surface area contributed by atoms with Gasteiger partial charge in [-0.15, -0.1) is 0 Å². The number of hydrogen-bond acceptors (Lipinski definition) is 10. The van der Waals surface area contributed by atoms with Gasteiger partial charge in [0.15, 0.2) is 0 Å². The summed E-state index contributed by atoms with van der Waals surface area (Å²) >= 11 is 0. The van der Waals surface area contributed by atoms with Crippen LogP contribution in [-0.4, -0.2) is 124 Å². The molecule has 16 heteroatoms. The molecular weight excluding hydrogens is 554 g/mol. The minimum absolute atomic E-state index is 0.0710. The van der Waals surface area contributed by atoms with Crippen LogP contribution in [0.5, 0.6) is 5.75 Å². The zero-order valence-corrected chi connectivity index (χ0v) is 23.2. The lowest BCUT2D eigenvalue weighted by Crippen LogP contribution is -2.54. The molecule has 3 unspecified atom stereocenters. The quantitative estimate of drug-likeness (QED) is 0.0711. The van der Waals surface area contributed by atoms with E-state index in [2.05, 4.69) is 21.3 Å². The van der Waals surface area contributed by atoms with E-state index in [1.807, 2.05) is 0 Å². The number of rotatable bonds is 14. The monoisotopic (exact) mass is 591 g/mol. The molecule has 1 aromatic rings. The molecule has 2 fully saturated rings. The van der Waals surface area contributed by atoms with Crippen LogP contribution in [0.25, 0.3) is 0 Å². The number of hydrogen-bond donors (Lipinski definition) is 7. The number of carbonyl (C=O) groups excluding carboxylic acids is 6. The SMILES string of the molecule is CNC(CCCN(O)C(=O)CCNC(=O)CNC(=O)C1CN1C(=O)c1ccccc1O)C(=O)NC1CCCN(O)C1=O. The Kier molecular flexibility index (Phi) is 11.6. The fourth-order valence-corrected chi connectivity index (χ4v) is 4.42. The largest absolute Gasteiger partial charge is 0.507 e. The molecule has 7 N–H and O–H groups in total. The van der Waals surface area contributed by atoms with Gasteiger partial charge in [0.2, 0.25) is 23.6 Å². The van der Waals surface area contributed by atoms with Gasteiger partial charge >= 0.3 is 0 Å². The summed E-state index contributed by atoms with van der Waals surface area (Å²) in [6.45, 7) is -0.166. The molecule has 2 aliphatic heterocycles. The van der Waals surface area contributed by atoms with Crippen molar-refractivity contribution in [2.24, 2.45) is 0 Å². The number of nitrogens with zero attached hydrogens (tertiary/aromatic N) is 3. The molecule has 230 valence electrons. The Morgan fingerprint density at radius 1 is 1.14 bits per heavy atom. The number of piperidine rings is 1. The summed E-state index contributed by atoms with van der Waals surface area (Å²) in [5, 5.41) is 40.7. The number of amides is 6. The second-order valence-electron chi connectivity index (χ2n) is 9.97. The van der Waals surface area contributed by atoms with E-state index in [0.29, 0.717) is 23.0 Å². The predicted octanol–water partition coefficient (Wildman–Crippen LogP) is -2.08. The fraction of sp³-hybridized carbons (Fsp3) is 0.538. The average Bonchev–Trinajstić information content (AvgIpc) is 3.77. The maximum Gasteiger partial charge on any atom is 0.268 e. The number of phenols is 1. The Morgan fingerprint density at radius 3 is 2.60 bits per heavy atom. The smallest absolute Gasteiger partial charge is 0.268 e. The number of likely N-dealkylation sites (N-methyl/N-ethyl adjacent to an activating group) is 1. The van der Waals surface area contributed by atoms with Crippen LogP contribution in [0.2, 0.25) is 0 Å². The molecule has 2 heterocycles.